The Hall–Kier alpha value is -2.28. The first kappa shape index (κ1) is 19.4. The Bertz CT molecular complexity index is 1110. The molecule has 0 amide bonds. The van der Waals surface area contributed by atoms with Crippen molar-refractivity contribution >= 4 is 17.0 Å². The van der Waals surface area contributed by atoms with Gasteiger partial charge in [-0.2, -0.15) is 0 Å². The number of rotatable bonds is 3. The highest BCUT2D eigenvalue weighted by atomic mass is 32.1. The number of anilines is 1. The van der Waals surface area contributed by atoms with Crippen molar-refractivity contribution in [2.45, 2.75) is 43.9 Å². The zero-order valence-corrected chi connectivity index (χ0v) is 19.0. The maximum Gasteiger partial charge on any atom is 0.121 e. The lowest BCUT2D eigenvalue weighted by molar-refractivity contribution is -0.0450. The molecule has 1 atom stereocenters. The molecule has 2 saturated heterocycles. The monoisotopic (exact) mass is 435 g/mol. The second-order valence-electron chi connectivity index (χ2n) is 9.29. The fourth-order valence-electron chi connectivity index (χ4n) is 5.66. The number of fused-ring (bicyclic) bond motifs is 4. The average molecular weight is 436 g/mol. The number of aromatic nitrogens is 1. The number of likely N-dealkylation sites (tertiary alicyclic amines) is 1. The highest BCUT2D eigenvalue weighted by molar-refractivity contribution is 7.11. The van der Waals surface area contributed by atoms with Crippen molar-refractivity contribution in [3.63, 3.8) is 0 Å². The third-order valence-electron chi connectivity index (χ3n) is 7.27. The molecule has 2 spiro atoms. The molecule has 3 aliphatic rings. The Kier molecular flexibility index (Phi) is 4.46. The van der Waals surface area contributed by atoms with Gasteiger partial charge >= 0.3 is 0 Å². The van der Waals surface area contributed by atoms with E-state index in [9.17, 15) is 0 Å². The Morgan fingerprint density at radius 1 is 1.16 bits per heavy atom. The largest absolute Gasteiger partial charge is 0.497 e. The molecule has 0 aliphatic carbocycles. The fourth-order valence-corrected chi connectivity index (χ4v) is 6.59. The standard InChI is InChI=1S/C25H29N3O2S/c1-18-5-7-20(31-18)15-27-12-9-24(10-13-27)16-25(17-30-24)23-4-3-11-28(23)22-8-6-19(29-2)14-21(22)26-25/h3-8,11,14,26H,9-10,12-13,15-17H2,1-2H3/t25-/m0/s1. The predicted octanol–water partition coefficient (Wildman–Crippen LogP) is 4.93. The molecule has 0 unspecified atom stereocenters. The third-order valence-corrected chi connectivity index (χ3v) is 8.25. The van der Waals surface area contributed by atoms with Crippen LogP contribution in [-0.4, -0.2) is 41.9 Å². The molecule has 0 radical (unpaired) electrons. The minimum atomic E-state index is -0.185. The van der Waals surface area contributed by atoms with Gasteiger partial charge in [-0.15, -0.1) is 11.3 Å². The van der Waals surface area contributed by atoms with Gasteiger partial charge in [0.15, 0.2) is 0 Å². The number of nitrogens with zero attached hydrogens (tertiary/aromatic N) is 2. The molecular formula is C25H29N3O2S. The minimum absolute atomic E-state index is 0.0413. The number of nitrogens with one attached hydrogen (secondary N) is 1. The zero-order chi connectivity index (χ0) is 21.1. The van der Waals surface area contributed by atoms with Crippen LogP contribution in [0, 0.1) is 6.92 Å². The molecule has 1 aromatic carbocycles. The van der Waals surface area contributed by atoms with Gasteiger partial charge in [0.05, 0.1) is 36.4 Å². The van der Waals surface area contributed by atoms with Gasteiger partial charge < -0.3 is 19.4 Å². The van der Waals surface area contributed by atoms with E-state index in [0.717, 1.165) is 50.3 Å². The summed E-state index contributed by atoms with van der Waals surface area (Å²) in [5, 5.41) is 3.88. The van der Waals surface area contributed by atoms with Gasteiger partial charge in [-0.3, -0.25) is 4.90 Å². The first-order valence-corrected chi connectivity index (χ1v) is 12.0. The molecular weight excluding hydrogens is 406 g/mol. The Labute approximate surface area is 187 Å². The minimum Gasteiger partial charge on any atom is -0.497 e. The van der Waals surface area contributed by atoms with Crippen LogP contribution in [0.25, 0.3) is 5.69 Å². The van der Waals surface area contributed by atoms with Crippen molar-refractivity contribution in [1.82, 2.24) is 9.47 Å². The van der Waals surface area contributed by atoms with E-state index in [4.69, 9.17) is 9.47 Å². The normalized spacial score (nSPS) is 24.2. The molecule has 3 aliphatic heterocycles. The van der Waals surface area contributed by atoms with Gasteiger partial charge in [-0.25, -0.2) is 0 Å². The molecule has 6 heteroatoms. The molecule has 1 N–H and O–H groups in total. The molecule has 0 saturated carbocycles. The van der Waals surface area contributed by atoms with E-state index in [1.807, 2.05) is 17.4 Å². The van der Waals surface area contributed by atoms with E-state index in [1.165, 1.54) is 21.1 Å². The average Bonchev–Trinajstić information content (AvgIpc) is 3.50. The van der Waals surface area contributed by atoms with Crippen molar-refractivity contribution in [3.8, 4) is 11.4 Å². The van der Waals surface area contributed by atoms with E-state index >= 15 is 0 Å². The van der Waals surface area contributed by atoms with Crippen molar-refractivity contribution < 1.29 is 9.47 Å². The van der Waals surface area contributed by atoms with Crippen LogP contribution in [0.3, 0.4) is 0 Å². The number of aryl methyl sites for hydroxylation is 1. The van der Waals surface area contributed by atoms with Crippen LogP contribution in [0.1, 0.15) is 34.7 Å². The van der Waals surface area contributed by atoms with Gasteiger partial charge in [0, 0.05) is 48.1 Å². The molecule has 2 fully saturated rings. The predicted molar refractivity (Wildman–Crippen MR) is 124 cm³/mol. The lowest BCUT2D eigenvalue weighted by atomic mass is 9.79. The van der Waals surface area contributed by atoms with Gasteiger partial charge in [-0.05, 0) is 56.2 Å². The molecule has 2 aromatic heterocycles. The van der Waals surface area contributed by atoms with E-state index in [1.54, 1.807) is 7.11 Å². The number of methoxy groups -OCH3 is 1. The lowest BCUT2D eigenvalue weighted by Crippen LogP contribution is -2.46. The molecule has 6 rings (SSSR count). The first-order valence-electron chi connectivity index (χ1n) is 11.1. The van der Waals surface area contributed by atoms with E-state index in [0.29, 0.717) is 6.61 Å². The van der Waals surface area contributed by atoms with Crippen molar-refractivity contribution in [2.24, 2.45) is 0 Å². The van der Waals surface area contributed by atoms with Crippen LogP contribution in [0.2, 0.25) is 0 Å². The fraction of sp³-hybridized carbons (Fsp3) is 0.440. The Morgan fingerprint density at radius 3 is 2.81 bits per heavy atom. The molecule has 0 bridgehead atoms. The molecule has 162 valence electrons. The van der Waals surface area contributed by atoms with Crippen LogP contribution >= 0.6 is 11.3 Å². The van der Waals surface area contributed by atoms with Crippen LogP contribution < -0.4 is 10.1 Å². The van der Waals surface area contributed by atoms with Crippen LogP contribution in [0.5, 0.6) is 5.75 Å². The lowest BCUT2D eigenvalue weighted by Gasteiger charge is -2.41. The number of piperidine rings is 1. The van der Waals surface area contributed by atoms with E-state index < -0.39 is 0 Å². The van der Waals surface area contributed by atoms with E-state index in [2.05, 4.69) is 64.3 Å². The van der Waals surface area contributed by atoms with Crippen molar-refractivity contribution in [3.05, 3.63) is 64.1 Å². The maximum atomic E-state index is 6.64. The van der Waals surface area contributed by atoms with Crippen LogP contribution in [0.4, 0.5) is 5.69 Å². The summed E-state index contributed by atoms with van der Waals surface area (Å²) in [6, 6.07) is 15.2. The summed E-state index contributed by atoms with van der Waals surface area (Å²) in [5.74, 6) is 0.878. The summed E-state index contributed by atoms with van der Waals surface area (Å²) < 4.78 is 14.5. The molecule has 5 heterocycles. The first-order chi connectivity index (χ1) is 15.1. The maximum absolute atomic E-state index is 6.64. The summed E-state index contributed by atoms with van der Waals surface area (Å²) in [6.07, 6.45) is 5.35. The van der Waals surface area contributed by atoms with Gasteiger partial charge in [0.1, 0.15) is 11.3 Å². The van der Waals surface area contributed by atoms with Gasteiger partial charge in [-0.1, -0.05) is 0 Å². The van der Waals surface area contributed by atoms with Crippen LogP contribution in [0.15, 0.2) is 48.7 Å². The summed E-state index contributed by atoms with van der Waals surface area (Å²) >= 11 is 1.92. The topological polar surface area (TPSA) is 38.7 Å². The second kappa shape index (κ2) is 7.12. The van der Waals surface area contributed by atoms with Crippen LogP contribution in [-0.2, 0) is 16.8 Å². The quantitative estimate of drug-likeness (QED) is 0.633. The summed E-state index contributed by atoms with van der Waals surface area (Å²) in [7, 11) is 1.72. The number of hydrogen-bond donors (Lipinski definition) is 1. The summed E-state index contributed by atoms with van der Waals surface area (Å²) in [5.41, 5.74) is 3.37. The Morgan fingerprint density at radius 2 is 2.03 bits per heavy atom. The number of benzene rings is 1. The van der Waals surface area contributed by atoms with Gasteiger partial charge in [0.25, 0.3) is 0 Å². The molecule has 5 nitrogen and oxygen atoms in total. The summed E-state index contributed by atoms with van der Waals surface area (Å²) in [4.78, 5) is 5.45. The van der Waals surface area contributed by atoms with Crippen molar-refractivity contribution in [1.29, 1.82) is 0 Å². The SMILES string of the molecule is COc1ccc2c(c1)N[C@@]1(COC3(CCN(Cc4ccc(C)s4)CC3)C1)c1cccn1-2. The van der Waals surface area contributed by atoms with Gasteiger partial charge in [0.2, 0.25) is 0 Å². The van der Waals surface area contributed by atoms with E-state index in [-0.39, 0.29) is 11.1 Å². The summed E-state index contributed by atoms with van der Waals surface area (Å²) in [6.45, 7) is 6.15. The third kappa shape index (κ3) is 3.20. The number of thiophene rings is 1. The molecule has 31 heavy (non-hydrogen) atoms. The highest BCUT2D eigenvalue weighted by Gasteiger charge is 2.53. The van der Waals surface area contributed by atoms with Crippen molar-refractivity contribution in [2.75, 3.05) is 32.1 Å². The number of hydrogen-bond acceptors (Lipinski definition) is 5. The molecule has 3 aromatic rings. The zero-order valence-electron chi connectivity index (χ0n) is 18.2. The number of ether oxygens (including phenoxy) is 2. The Balaban J connectivity index is 1.23. The smallest absolute Gasteiger partial charge is 0.121 e. The second-order valence-corrected chi connectivity index (χ2v) is 10.7. The highest BCUT2D eigenvalue weighted by Crippen LogP contribution is 2.50.